The number of benzene rings is 1. The number of carbonyl (C=O) groups is 1. The maximum absolute atomic E-state index is 11.4. The summed E-state index contributed by atoms with van der Waals surface area (Å²) in [4.78, 5) is 13.5. The van der Waals surface area contributed by atoms with E-state index in [1.165, 1.54) is 6.08 Å². The maximum Gasteiger partial charge on any atom is 0.244 e. The van der Waals surface area contributed by atoms with Crippen LogP contribution in [0.4, 0.5) is 5.69 Å². The number of hydrogen-bond donors (Lipinski definition) is 1. The molecule has 96 valence electrons. The average Bonchev–Trinajstić information content (AvgIpc) is 2.34. The zero-order chi connectivity index (χ0) is 13.5. The van der Waals surface area contributed by atoms with Gasteiger partial charge in [-0.1, -0.05) is 24.3 Å². The van der Waals surface area contributed by atoms with Crippen molar-refractivity contribution in [2.45, 2.75) is 6.92 Å². The normalized spacial score (nSPS) is 10.4. The van der Waals surface area contributed by atoms with Crippen molar-refractivity contribution in [1.29, 1.82) is 0 Å². The van der Waals surface area contributed by atoms with Crippen LogP contribution < -0.4 is 10.2 Å². The Morgan fingerprint density at radius 3 is 2.44 bits per heavy atom. The van der Waals surface area contributed by atoms with Gasteiger partial charge in [0.15, 0.2) is 0 Å². The summed E-state index contributed by atoms with van der Waals surface area (Å²) in [6.07, 6.45) is 3.33. The van der Waals surface area contributed by atoms with Crippen LogP contribution in [0, 0.1) is 0 Å². The van der Waals surface area contributed by atoms with Gasteiger partial charge in [-0.3, -0.25) is 4.79 Å². The Balaban J connectivity index is 2.56. The Hall–Kier alpha value is -2.03. The van der Waals surface area contributed by atoms with Crippen molar-refractivity contribution in [2.24, 2.45) is 0 Å². The van der Waals surface area contributed by atoms with Gasteiger partial charge in [0.25, 0.3) is 0 Å². The van der Waals surface area contributed by atoms with Crippen molar-refractivity contribution >= 4 is 17.7 Å². The van der Waals surface area contributed by atoms with Gasteiger partial charge in [0.05, 0.1) is 0 Å². The third-order valence-corrected chi connectivity index (χ3v) is 2.40. The van der Waals surface area contributed by atoms with Crippen molar-refractivity contribution < 1.29 is 4.79 Å². The summed E-state index contributed by atoms with van der Waals surface area (Å²) in [7, 11) is 3.99. The molecule has 0 aliphatic rings. The van der Waals surface area contributed by atoms with Gasteiger partial charge < -0.3 is 10.2 Å². The van der Waals surface area contributed by atoms with Crippen LogP contribution >= 0.6 is 0 Å². The molecule has 0 fully saturated rings. The lowest BCUT2D eigenvalue weighted by molar-refractivity contribution is -0.116. The van der Waals surface area contributed by atoms with Gasteiger partial charge in [-0.25, -0.2) is 0 Å². The van der Waals surface area contributed by atoms with E-state index in [2.05, 4.69) is 11.9 Å². The fourth-order valence-electron chi connectivity index (χ4n) is 1.35. The molecule has 0 saturated heterocycles. The second kappa shape index (κ2) is 6.64. The molecule has 1 amide bonds. The third-order valence-electron chi connectivity index (χ3n) is 2.40. The molecule has 0 saturated carbocycles. The van der Waals surface area contributed by atoms with Gasteiger partial charge in [0, 0.05) is 32.4 Å². The van der Waals surface area contributed by atoms with E-state index in [0.29, 0.717) is 6.54 Å². The van der Waals surface area contributed by atoms with Crippen molar-refractivity contribution in [1.82, 2.24) is 5.32 Å². The highest BCUT2D eigenvalue weighted by Gasteiger charge is 1.96. The highest BCUT2D eigenvalue weighted by Crippen LogP contribution is 2.12. The molecular formula is C15H20N2O. The lowest BCUT2D eigenvalue weighted by Crippen LogP contribution is -2.22. The molecular weight excluding hydrogens is 224 g/mol. The van der Waals surface area contributed by atoms with Crippen molar-refractivity contribution in [2.75, 3.05) is 25.5 Å². The molecule has 3 nitrogen and oxygen atoms in total. The Morgan fingerprint density at radius 2 is 1.94 bits per heavy atom. The number of anilines is 1. The molecule has 0 aliphatic heterocycles. The van der Waals surface area contributed by atoms with Crippen molar-refractivity contribution in [3.8, 4) is 0 Å². The Kier molecular flexibility index (Phi) is 5.18. The number of nitrogens with zero attached hydrogens (tertiary/aromatic N) is 1. The molecule has 18 heavy (non-hydrogen) atoms. The maximum atomic E-state index is 11.4. The van der Waals surface area contributed by atoms with E-state index in [9.17, 15) is 4.79 Å². The summed E-state index contributed by atoms with van der Waals surface area (Å²) in [5.74, 6) is -0.102. The lowest BCUT2D eigenvalue weighted by atomic mass is 10.2. The smallest absolute Gasteiger partial charge is 0.244 e. The first-order chi connectivity index (χ1) is 8.49. The molecule has 1 aromatic rings. The van der Waals surface area contributed by atoms with Crippen LogP contribution in [-0.2, 0) is 4.79 Å². The summed E-state index contributed by atoms with van der Waals surface area (Å²) < 4.78 is 0. The van der Waals surface area contributed by atoms with Crippen molar-refractivity contribution in [3.63, 3.8) is 0 Å². The Bertz CT molecular complexity index is 444. The van der Waals surface area contributed by atoms with Crippen LogP contribution in [-0.4, -0.2) is 26.5 Å². The fraction of sp³-hybridized carbons (Fsp3) is 0.267. The number of carbonyl (C=O) groups excluding carboxylic acids is 1. The number of amides is 1. The quantitative estimate of drug-likeness (QED) is 0.637. The molecule has 0 unspecified atom stereocenters. The predicted octanol–water partition coefficient (Wildman–Crippen LogP) is 2.46. The highest BCUT2D eigenvalue weighted by molar-refractivity contribution is 5.91. The first kappa shape index (κ1) is 14.0. The molecule has 1 N–H and O–H groups in total. The number of hydrogen-bond acceptors (Lipinski definition) is 2. The first-order valence-electron chi connectivity index (χ1n) is 5.86. The second-order valence-electron chi connectivity index (χ2n) is 4.49. The van der Waals surface area contributed by atoms with Gasteiger partial charge in [-0.15, -0.1) is 0 Å². The molecule has 0 spiro atoms. The summed E-state index contributed by atoms with van der Waals surface area (Å²) in [5, 5.41) is 2.75. The van der Waals surface area contributed by atoms with Crippen LogP contribution in [0.2, 0.25) is 0 Å². The zero-order valence-corrected chi connectivity index (χ0v) is 11.2. The topological polar surface area (TPSA) is 32.3 Å². The predicted molar refractivity (Wildman–Crippen MR) is 77.6 cm³/mol. The number of nitrogens with one attached hydrogen (secondary N) is 1. The SMILES string of the molecule is C=C(C)CNC(=O)/C=C/c1ccc(N(C)C)cc1. The van der Waals surface area contributed by atoms with Crippen LogP contribution in [0.5, 0.6) is 0 Å². The largest absolute Gasteiger partial charge is 0.378 e. The molecule has 0 bridgehead atoms. The minimum Gasteiger partial charge on any atom is -0.378 e. The Morgan fingerprint density at radius 1 is 1.33 bits per heavy atom. The highest BCUT2D eigenvalue weighted by atomic mass is 16.1. The van der Waals surface area contributed by atoms with Gasteiger partial charge in [-0.2, -0.15) is 0 Å². The third kappa shape index (κ3) is 4.87. The van der Waals surface area contributed by atoms with Gasteiger partial charge in [0.2, 0.25) is 5.91 Å². The molecule has 0 aromatic heterocycles. The van der Waals surface area contributed by atoms with Gasteiger partial charge in [0.1, 0.15) is 0 Å². The fourth-order valence-corrected chi connectivity index (χ4v) is 1.35. The van der Waals surface area contributed by atoms with Crippen LogP contribution in [0.15, 0.2) is 42.5 Å². The monoisotopic (exact) mass is 244 g/mol. The van der Waals surface area contributed by atoms with Crippen LogP contribution in [0.1, 0.15) is 12.5 Å². The van der Waals surface area contributed by atoms with E-state index >= 15 is 0 Å². The van der Waals surface area contributed by atoms with Gasteiger partial charge in [-0.05, 0) is 30.7 Å². The van der Waals surface area contributed by atoms with E-state index in [1.807, 2.05) is 50.2 Å². The van der Waals surface area contributed by atoms with E-state index in [1.54, 1.807) is 6.08 Å². The summed E-state index contributed by atoms with van der Waals surface area (Å²) in [6.45, 7) is 6.12. The molecule has 0 atom stereocenters. The second-order valence-corrected chi connectivity index (χ2v) is 4.49. The molecule has 0 aliphatic carbocycles. The Labute approximate surface area is 109 Å². The van der Waals surface area contributed by atoms with E-state index in [4.69, 9.17) is 0 Å². The first-order valence-corrected chi connectivity index (χ1v) is 5.86. The van der Waals surface area contributed by atoms with E-state index in [-0.39, 0.29) is 5.91 Å². The van der Waals surface area contributed by atoms with Crippen molar-refractivity contribution in [3.05, 3.63) is 48.1 Å². The standard InChI is InChI=1S/C15H20N2O/c1-12(2)11-16-15(18)10-7-13-5-8-14(9-6-13)17(3)4/h5-10H,1,11H2,2-4H3,(H,16,18)/b10-7+. The van der Waals surface area contributed by atoms with Crippen LogP contribution in [0.25, 0.3) is 6.08 Å². The van der Waals surface area contributed by atoms with E-state index < -0.39 is 0 Å². The molecule has 3 heteroatoms. The molecule has 0 heterocycles. The molecule has 1 aromatic carbocycles. The van der Waals surface area contributed by atoms with Gasteiger partial charge >= 0.3 is 0 Å². The average molecular weight is 244 g/mol. The molecule has 0 radical (unpaired) electrons. The minimum absolute atomic E-state index is 0.102. The van der Waals surface area contributed by atoms with Crippen LogP contribution in [0.3, 0.4) is 0 Å². The summed E-state index contributed by atoms with van der Waals surface area (Å²) in [5.41, 5.74) is 3.08. The lowest BCUT2D eigenvalue weighted by Gasteiger charge is -2.11. The summed E-state index contributed by atoms with van der Waals surface area (Å²) >= 11 is 0. The number of rotatable bonds is 5. The minimum atomic E-state index is -0.102. The molecule has 1 rings (SSSR count). The van der Waals surface area contributed by atoms with E-state index in [0.717, 1.165) is 16.8 Å². The summed E-state index contributed by atoms with van der Waals surface area (Å²) in [6, 6.07) is 8.01. The zero-order valence-electron chi connectivity index (χ0n) is 11.2.